The Morgan fingerprint density at radius 1 is 1.24 bits per heavy atom. The topological polar surface area (TPSA) is 144 Å². The Bertz CT molecular complexity index is 1510. The van der Waals surface area contributed by atoms with Crippen molar-refractivity contribution in [2.45, 2.75) is 43.3 Å². The summed E-state index contributed by atoms with van der Waals surface area (Å²) in [5.41, 5.74) is 6.49. The Balaban J connectivity index is 1.56. The predicted octanol–water partition coefficient (Wildman–Crippen LogP) is 1.96. The number of sulfone groups is 1. The van der Waals surface area contributed by atoms with Gasteiger partial charge in [-0.25, -0.2) is 12.8 Å². The van der Waals surface area contributed by atoms with E-state index in [9.17, 15) is 18.0 Å². The second-order valence-corrected chi connectivity index (χ2v) is 11.9. The number of nitrogens with zero attached hydrogens (tertiary/aromatic N) is 6. The second kappa shape index (κ2) is 10.0. The molecule has 2 amide bonds. The van der Waals surface area contributed by atoms with Crippen molar-refractivity contribution in [2.24, 2.45) is 5.73 Å². The Labute approximate surface area is 223 Å². The van der Waals surface area contributed by atoms with Crippen LogP contribution in [-0.4, -0.2) is 70.2 Å². The lowest BCUT2D eigenvalue weighted by Crippen LogP contribution is -2.45. The van der Waals surface area contributed by atoms with Crippen molar-refractivity contribution < 1.29 is 22.4 Å². The summed E-state index contributed by atoms with van der Waals surface area (Å²) in [6.07, 6.45) is 1.47. The Hall–Kier alpha value is -3.42. The largest absolute Gasteiger partial charge is 0.341 e. The smallest absolute Gasteiger partial charge is 0.245 e. The maximum atomic E-state index is 15.4. The third-order valence-corrected chi connectivity index (χ3v) is 8.80. The number of benzene rings is 2. The first kappa shape index (κ1) is 26.2. The predicted molar refractivity (Wildman–Crippen MR) is 136 cm³/mol. The number of aromatic nitrogens is 4. The molecule has 38 heavy (non-hydrogen) atoms. The number of fused-ring (bicyclic) bond motifs is 1. The van der Waals surface area contributed by atoms with Crippen molar-refractivity contribution in [2.75, 3.05) is 23.7 Å². The van der Waals surface area contributed by atoms with E-state index in [4.69, 9.17) is 17.3 Å². The number of tetrazole rings is 1. The summed E-state index contributed by atoms with van der Waals surface area (Å²) in [5, 5.41) is 12.9. The van der Waals surface area contributed by atoms with Crippen LogP contribution in [0.5, 0.6) is 0 Å². The van der Waals surface area contributed by atoms with Crippen molar-refractivity contribution in [1.29, 1.82) is 0 Å². The normalized spacial score (nSPS) is 21.2. The molecule has 2 N–H and O–H groups in total. The van der Waals surface area contributed by atoms with Gasteiger partial charge in [-0.05, 0) is 47.9 Å². The van der Waals surface area contributed by atoms with E-state index in [1.54, 1.807) is 29.2 Å². The fourth-order valence-electron chi connectivity index (χ4n) is 4.74. The van der Waals surface area contributed by atoms with E-state index in [0.29, 0.717) is 30.1 Å². The van der Waals surface area contributed by atoms with Crippen LogP contribution in [0.4, 0.5) is 10.1 Å². The monoisotopic (exact) mass is 561 g/mol. The SMILES string of the molecule is CC(=O)N1CCCC(n2nnc(-c3cc4c(cc3F)S(=O)(=O)C[C@H](N)C(=O)N4Cc3ccc(Cl)cc3)n2)C1. The number of halogens is 2. The van der Waals surface area contributed by atoms with E-state index in [-0.39, 0.29) is 40.5 Å². The zero-order valence-electron chi connectivity index (χ0n) is 20.4. The van der Waals surface area contributed by atoms with Gasteiger partial charge in [0.25, 0.3) is 0 Å². The van der Waals surface area contributed by atoms with Crippen LogP contribution in [0.1, 0.15) is 31.4 Å². The van der Waals surface area contributed by atoms with E-state index in [0.717, 1.165) is 12.5 Å². The molecule has 11 nitrogen and oxygen atoms in total. The summed E-state index contributed by atoms with van der Waals surface area (Å²) < 4.78 is 41.5. The van der Waals surface area contributed by atoms with E-state index in [1.807, 2.05) is 0 Å². The molecule has 0 aliphatic carbocycles. The first-order chi connectivity index (χ1) is 18.0. The van der Waals surface area contributed by atoms with E-state index in [2.05, 4.69) is 15.4 Å². The van der Waals surface area contributed by atoms with Crippen LogP contribution in [0.2, 0.25) is 5.02 Å². The summed E-state index contributed by atoms with van der Waals surface area (Å²) in [7, 11) is -4.09. The van der Waals surface area contributed by atoms with Crippen LogP contribution >= 0.6 is 11.6 Å². The highest BCUT2D eigenvalue weighted by Gasteiger charge is 2.37. The third kappa shape index (κ3) is 5.00. The highest BCUT2D eigenvalue weighted by atomic mass is 35.5. The molecule has 200 valence electrons. The van der Waals surface area contributed by atoms with Gasteiger partial charge < -0.3 is 15.5 Å². The van der Waals surface area contributed by atoms with Crippen LogP contribution in [0, 0.1) is 5.82 Å². The van der Waals surface area contributed by atoms with Gasteiger partial charge in [0.2, 0.25) is 17.6 Å². The second-order valence-electron chi connectivity index (χ2n) is 9.43. The number of carbonyl (C=O) groups excluding carboxylic acids is 2. The number of carbonyl (C=O) groups is 2. The van der Waals surface area contributed by atoms with Crippen molar-refractivity contribution in [3.8, 4) is 11.4 Å². The van der Waals surface area contributed by atoms with Crippen molar-refractivity contribution in [1.82, 2.24) is 25.1 Å². The van der Waals surface area contributed by atoms with Gasteiger partial charge in [-0.2, -0.15) is 4.80 Å². The van der Waals surface area contributed by atoms with Crippen molar-refractivity contribution in [3.63, 3.8) is 0 Å². The quantitative estimate of drug-likeness (QED) is 0.509. The molecular formula is C24H25ClFN7O4S. The minimum absolute atomic E-state index is 0.0135. The number of rotatable bonds is 4. The van der Waals surface area contributed by atoms with Crippen molar-refractivity contribution in [3.05, 3.63) is 52.8 Å². The van der Waals surface area contributed by atoms with E-state index < -0.39 is 33.4 Å². The maximum absolute atomic E-state index is 15.4. The zero-order valence-corrected chi connectivity index (χ0v) is 22.0. The number of hydrogen-bond donors (Lipinski definition) is 1. The van der Waals surface area contributed by atoms with Gasteiger partial charge in [-0.3, -0.25) is 9.59 Å². The minimum atomic E-state index is -4.09. The number of likely N-dealkylation sites (tertiary alicyclic amines) is 1. The highest BCUT2D eigenvalue weighted by molar-refractivity contribution is 7.91. The molecule has 0 saturated carbocycles. The summed E-state index contributed by atoms with van der Waals surface area (Å²) in [6.45, 7) is 2.52. The van der Waals surface area contributed by atoms with Crippen LogP contribution in [-0.2, 0) is 26.0 Å². The zero-order chi connectivity index (χ0) is 27.2. The van der Waals surface area contributed by atoms with Gasteiger partial charge in [0.1, 0.15) is 5.82 Å². The number of hydrogen-bond acceptors (Lipinski definition) is 8. The molecule has 2 atom stereocenters. The molecule has 2 aliphatic rings. The van der Waals surface area contributed by atoms with E-state index >= 15 is 4.39 Å². The summed E-state index contributed by atoms with van der Waals surface area (Å²) in [6, 6.07) is 7.25. The average molecular weight is 562 g/mol. The third-order valence-electron chi connectivity index (χ3n) is 6.75. The van der Waals surface area contributed by atoms with Gasteiger partial charge in [0, 0.05) is 25.0 Å². The van der Waals surface area contributed by atoms with Crippen molar-refractivity contribution >= 4 is 38.9 Å². The van der Waals surface area contributed by atoms with Gasteiger partial charge >= 0.3 is 0 Å². The molecule has 0 radical (unpaired) electrons. The molecule has 1 saturated heterocycles. The number of amides is 2. The number of anilines is 1. The van der Waals surface area contributed by atoms with Gasteiger partial charge in [-0.15, -0.1) is 10.2 Å². The lowest BCUT2D eigenvalue weighted by Gasteiger charge is -2.30. The lowest BCUT2D eigenvalue weighted by atomic mass is 10.1. The number of nitrogens with two attached hydrogens (primary N) is 1. The Morgan fingerprint density at radius 3 is 2.68 bits per heavy atom. The molecule has 1 aromatic heterocycles. The fourth-order valence-corrected chi connectivity index (χ4v) is 6.44. The van der Waals surface area contributed by atoms with Gasteiger partial charge in [0.05, 0.1) is 40.5 Å². The summed E-state index contributed by atoms with van der Waals surface area (Å²) in [4.78, 5) is 29.0. The van der Waals surface area contributed by atoms with Crippen LogP contribution in [0.15, 0.2) is 41.3 Å². The lowest BCUT2D eigenvalue weighted by molar-refractivity contribution is -0.130. The summed E-state index contributed by atoms with van der Waals surface area (Å²) >= 11 is 5.98. The molecular weight excluding hydrogens is 537 g/mol. The molecule has 2 aromatic carbocycles. The first-order valence-electron chi connectivity index (χ1n) is 12.0. The molecule has 3 aromatic rings. The van der Waals surface area contributed by atoms with E-state index in [1.165, 1.54) is 22.7 Å². The highest BCUT2D eigenvalue weighted by Crippen LogP contribution is 2.36. The molecule has 3 heterocycles. The van der Waals surface area contributed by atoms with Crippen LogP contribution in [0.25, 0.3) is 11.4 Å². The number of piperidine rings is 1. The van der Waals surface area contributed by atoms with Gasteiger partial charge in [0.15, 0.2) is 9.84 Å². The molecule has 2 aliphatic heterocycles. The summed E-state index contributed by atoms with van der Waals surface area (Å²) in [5.74, 6) is -2.29. The molecule has 1 unspecified atom stereocenters. The Morgan fingerprint density at radius 2 is 1.97 bits per heavy atom. The van der Waals surface area contributed by atoms with Gasteiger partial charge in [-0.1, -0.05) is 23.7 Å². The molecule has 1 fully saturated rings. The fraction of sp³-hybridized carbons (Fsp3) is 0.375. The average Bonchev–Trinajstić information content (AvgIpc) is 3.36. The first-order valence-corrected chi connectivity index (χ1v) is 14.0. The standard InChI is InChI=1S/C24H25ClFN7O4S/c1-14(34)31-8-2-3-17(12-31)33-29-23(28-30-33)18-9-21-22(10-19(18)26)38(36,37)13-20(27)24(35)32(21)11-15-4-6-16(25)7-5-15/h4-7,9-10,17,20H,2-3,8,11-13,27H2,1H3/t17?,20-/m0/s1. The Kier molecular flexibility index (Phi) is 6.92. The molecule has 5 rings (SSSR count). The van der Waals surface area contributed by atoms with Crippen LogP contribution < -0.4 is 10.6 Å². The molecule has 14 heteroatoms. The maximum Gasteiger partial charge on any atom is 0.245 e. The molecule has 0 bridgehead atoms. The molecule has 0 spiro atoms. The minimum Gasteiger partial charge on any atom is -0.341 e. The van der Waals surface area contributed by atoms with Crippen LogP contribution in [0.3, 0.4) is 0 Å².